The number of halogens is 1. The molecule has 4 N–H and O–H groups in total. The summed E-state index contributed by atoms with van der Waals surface area (Å²) in [5.41, 5.74) is 6.62. The van der Waals surface area contributed by atoms with E-state index in [1.54, 1.807) is 0 Å². The van der Waals surface area contributed by atoms with Crippen molar-refractivity contribution in [1.82, 2.24) is 10.6 Å². The van der Waals surface area contributed by atoms with Crippen LogP contribution in [-0.4, -0.2) is 37.6 Å². The van der Waals surface area contributed by atoms with Crippen LogP contribution in [0.3, 0.4) is 0 Å². The Hall–Kier alpha value is -1.79. The summed E-state index contributed by atoms with van der Waals surface area (Å²) < 4.78 is 5.70. The molecule has 28 heavy (non-hydrogen) atoms. The summed E-state index contributed by atoms with van der Waals surface area (Å²) in [5.74, 6) is 0.809. The van der Waals surface area contributed by atoms with Gasteiger partial charge in [0, 0.05) is 12.0 Å². The molecule has 1 atom stereocenters. The Morgan fingerprint density at radius 1 is 1.07 bits per heavy atom. The summed E-state index contributed by atoms with van der Waals surface area (Å²) in [6.07, 6.45) is 0. The molecular weight excluding hydrogens is 378 g/mol. The maximum Gasteiger partial charge on any atom is 0.239 e. The van der Waals surface area contributed by atoms with Crippen molar-refractivity contribution in [2.75, 3.05) is 19.7 Å². The van der Waals surface area contributed by atoms with Crippen molar-refractivity contribution in [2.45, 2.75) is 53.0 Å². The fourth-order valence-electron chi connectivity index (χ4n) is 2.34. The van der Waals surface area contributed by atoms with E-state index in [1.165, 1.54) is 0 Å². The highest BCUT2D eigenvalue weighted by atomic mass is 35.5. The molecule has 0 bridgehead atoms. The molecule has 7 heteroatoms. The smallest absolute Gasteiger partial charge is 0.239 e. The average molecular weight is 414 g/mol. The largest absolute Gasteiger partial charge is 0.493 e. The van der Waals surface area contributed by atoms with Gasteiger partial charge in [-0.1, -0.05) is 53.7 Å². The first-order valence-electron chi connectivity index (χ1n) is 9.56. The molecule has 0 fully saturated rings. The second-order valence-corrected chi connectivity index (χ2v) is 8.38. The molecule has 1 aromatic carbocycles. The second kappa shape index (κ2) is 11.9. The topological polar surface area (TPSA) is 93.5 Å². The van der Waals surface area contributed by atoms with E-state index < -0.39 is 6.04 Å². The van der Waals surface area contributed by atoms with Crippen LogP contribution in [0.25, 0.3) is 0 Å². The zero-order chi connectivity index (χ0) is 20.6. The van der Waals surface area contributed by atoms with Crippen LogP contribution in [0.4, 0.5) is 0 Å². The van der Waals surface area contributed by atoms with E-state index in [2.05, 4.69) is 38.3 Å². The molecule has 1 rings (SSSR count). The highest BCUT2D eigenvalue weighted by Crippen LogP contribution is 2.24. The van der Waals surface area contributed by atoms with Crippen molar-refractivity contribution >= 4 is 24.2 Å². The maximum atomic E-state index is 12.0. The molecule has 0 heterocycles. The number of rotatable bonds is 10. The summed E-state index contributed by atoms with van der Waals surface area (Å²) in [4.78, 5) is 23.8. The van der Waals surface area contributed by atoms with Gasteiger partial charge in [-0.15, -0.1) is 12.4 Å². The van der Waals surface area contributed by atoms with Gasteiger partial charge in [-0.3, -0.25) is 9.59 Å². The predicted molar refractivity (Wildman–Crippen MR) is 116 cm³/mol. The first-order chi connectivity index (χ1) is 12.5. The molecule has 0 spiro atoms. The minimum atomic E-state index is -0.606. The third-order valence-electron chi connectivity index (χ3n) is 4.39. The van der Waals surface area contributed by atoms with Gasteiger partial charge >= 0.3 is 0 Å². The number of nitrogens with two attached hydrogens (primary N) is 1. The minimum absolute atomic E-state index is 0. The molecule has 0 aliphatic rings. The first-order valence-corrected chi connectivity index (χ1v) is 9.56. The number of amides is 2. The lowest BCUT2D eigenvalue weighted by molar-refractivity contribution is -0.127. The van der Waals surface area contributed by atoms with E-state index in [-0.39, 0.29) is 42.1 Å². The average Bonchev–Trinajstić information content (AvgIpc) is 2.62. The standard InChI is InChI=1S/C21H35N3O3.ClH/c1-14(2)12-27-17-9-7-16(8-10-17)21(5,6)13-24-18(25)11-23-20(26)19(22)15(3)4;/h7-10,14-15,19H,11-13,22H2,1-6H3,(H,23,26)(H,24,25);1H/t19-;/m0./s1. The molecule has 0 unspecified atom stereocenters. The molecule has 0 aromatic heterocycles. The van der Waals surface area contributed by atoms with E-state index in [0.717, 1.165) is 11.3 Å². The Labute approximate surface area is 175 Å². The summed E-state index contributed by atoms with van der Waals surface area (Å²) in [6, 6.07) is 7.34. The molecule has 2 amide bonds. The third kappa shape index (κ3) is 8.93. The SMILES string of the molecule is CC(C)COc1ccc(C(C)(C)CNC(=O)CNC(=O)[C@@H](N)C(C)C)cc1.Cl. The lowest BCUT2D eigenvalue weighted by atomic mass is 9.84. The molecule has 0 aliphatic carbocycles. The van der Waals surface area contributed by atoms with Crippen LogP contribution in [0.2, 0.25) is 0 Å². The molecule has 1 aromatic rings. The Morgan fingerprint density at radius 3 is 2.14 bits per heavy atom. The second-order valence-electron chi connectivity index (χ2n) is 8.38. The van der Waals surface area contributed by atoms with Gasteiger partial charge in [0.25, 0.3) is 0 Å². The summed E-state index contributed by atoms with van der Waals surface area (Å²) in [6.45, 7) is 13.2. The van der Waals surface area contributed by atoms with Crippen LogP contribution >= 0.6 is 12.4 Å². The minimum Gasteiger partial charge on any atom is -0.493 e. The number of carbonyl (C=O) groups is 2. The van der Waals surface area contributed by atoms with Crippen LogP contribution < -0.4 is 21.1 Å². The Bertz CT molecular complexity index is 616. The van der Waals surface area contributed by atoms with Crippen molar-refractivity contribution in [3.8, 4) is 5.75 Å². The fraction of sp³-hybridized carbons (Fsp3) is 0.619. The molecule has 0 aliphatic heterocycles. The van der Waals surface area contributed by atoms with Gasteiger partial charge in [0.15, 0.2) is 0 Å². The normalized spacial score (nSPS) is 12.3. The Balaban J connectivity index is 0.00000729. The molecular formula is C21H36ClN3O3. The number of carbonyl (C=O) groups excluding carboxylic acids is 2. The van der Waals surface area contributed by atoms with Crippen LogP contribution in [-0.2, 0) is 15.0 Å². The van der Waals surface area contributed by atoms with Crippen molar-refractivity contribution in [3.63, 3.8) is 0 Å². The first kappa shape index (κ1) is 26.2. The zero-order valence-corrected chi connectivity index (χ0v) is 18.7. The van der Waals surface area contributed by atoms with Crippen LogP contribution in [0.5, 0.6) is 5.75 Å². The van der Waals surface area contributed by atoms with Crippen molar-refractivity contribution < 1.29 is 14.3 Å². The monoisotopic (exact) mass is 413 g/mol. The lowest BCUT2D eigenvalue weighted by Crippen LogP contribution is -2.48. The molecule has 160 valence electrons. The van der Waals surface area contributed by atoms with Crippen LogP contribution in [0.15, 0.2) is 24.3 Å². The third-order valence-corrected chi connectivity index (χ3v) is 4.39. The van der Waals surface area contributed by atoms with E-state index in [4.69, 9.17) is 10.5 Å². The van der Waals surface area contributed by atoms with E-state index in [1.807, 2.05) is 38.1 Å². The van der Waals surface area contributed by atoms with Gasteiger partial charge < -0.3 is 21.1 Å². The van der Waals surface area contributed by atoms with E-state index in [0.29, 0.717) is 19.1 Å². The molecule has 0 radical (unpaired) electrons. The molecule has 6 nitrogen and oxygen atoms in total. The van der Waals surface area contributed by atoms with Crippen molar-refractivity contribution in [1.29, 1.82) is 0 Å². The molecule has 0 saturated carbocycles. The quantitative estimate of drug-likeness (QED) is 0.549. The molecule has 0 saturated heterocycles. The number of ether oxygens (including phenoxy) is 1. The number of hydrogen-bond acceptors (Lipinski definition) is 4. The Morgan fingerprint density at radius 2 is 1.64 bits per heavy atom. The highest BCUT2D eigenvalue weighted by Gasteiger charge is 2.22. The van der Waals surface area contributed by atoms with Gasteiger partial charge in [0.05, 0.1) is 19.2 Å². The van der Waals surface area contributed by atoms with Crippen molar-refractivity contribution in [3.05, 3.63) is 29.8 Å². The van der Waals surface area contributed by atoms with E-state index >= 15 is 0 Å². The zero-order valence-electron chi connectivity index (χ0n) is 17.9. The van der Waals surface area contributed by atoms with Crippen molar-refractivity contribution in [2.24, 2.45) is 17.6 Å². The fourth-order valence-corrected chi connectivity index (χ4v) is 2.34. The van der Waals surface area contributed by atoms with Gasteiger partial charge in [-0.05, 0) is 29.5 Å². The van der Waals surface area contributed by atoms with Gasteiger partial charge in [0.1, 0.15) is 5.75 Å². The number of hydrogen-bond donors (Lipinski definition) is 3. The van der Waals surface area contributed by atoms with Crippen LogP contribution in [0, 0.1) is 11.8 Å². The predicted octanol–water partition coefficient (Wildman–Crippen LogP) is 2.64. The lowest BCUT2D eigenvalue weighted by Gasteiger charge is -2.26. The maximum absolute atomic E-state index is 12.0. The Kier molecular flexibility index (Phi) is 11.2. The highest BCUT2D eigenvalue weighted by molar-refractivity contribution is 5.87. The summed E-state index contributed by atoms with van der Waals surface area (Å²) in [7, 11) is 0. The number of nitrogens with one attached hydrogen (secondary N) is 2. The summed E-state index contributed by atoms with van der Waals surface area (Å²) >= 11 is 0. The van der Waals surface area contributed by atoms with Crippen LogP contribution in [0.1, 0.15) is 47.1 Å². The number of benzene rings is 1. The van der Waals surface area contributed by atoms with Gasteiger partial charge in [-0.25, -0.2) is 0 Å². The summed E-state index contributed by atoms with van der Waals surface area (Å²) in [5, 5.41) is 5.45. The van der Waals surface area contributed by atoms with E-state index in [9.17, 15) is 9.59 Å². The van der Waals surface area contributed by atoms with Gasteiger partial charge in [-0.2, -0.15) is 0 Å². The van der Waals surface area contributed by atoms with Gasteiger partial charge in [0.2, 0.25) is 11.8 Å².